The van der Waals surface area contributed by atoms with Gasteiger partial charge >= 0.3 is 0 Å². The molecule has 1 N–H and O–H groups in total. The van der Waals surface area contributed by atoms with E-state index in [1.165, 1.54) is 6.07 Å². The molecule has 2 aromatic heterocycles. The van der Waals surface area contributed by atoms with E-state index >= 15 is 0 Å². The van der Waals surface area contributed by atoms with E-state index < -0.39 is 0 Å². The van der Waals surface area contributed by atoms with E-state index in [0.717, 1.165) is 5.56 Å². The average molecular weight is 284 g/mol. The number of aromatic nitrogens is 5. The van der Waals surface area contributed by atoms with Crippen LogP contribution in [-0.4, -0.2) is 31.8 Å². The number of anilines is 1. The van der Waals surface area contributed by atoms with Crippen LogP contribution >= 0.6 is 0 Å². The van der Waals surface area contributed by atoms with E-state index in [1.54, 1.807) is 49.2 Å². The van der Waals surface area contributed by atoms with E-state index in [2.05, 4.69) is 25.4 Å². The van der Waals surface area contributed by atoms with Crippen LogP contribution in [0.25, 0.3) is 17.3 Å². The molecule has 0 unspecified atom stereocenters. The molecule has 0 spiro atoms. The minimum Gasteiger partial charge on any atom is -0.357 e. The summed E-state index contributed by atoms with van der Waals surface area (Å²) in [6.45, 7) is 1.70. The van der Waals surface area contributed by atoms with E-state index in [1.807, 2.05) is 0 Å². The van der Waals surface area contributed by atoms with Crippen molar-refractivity contribution >= 4 is 5.95 Å². The van der Waals surface area contributed by atoms with E-state index in [9.17, 15) is 4.39 Å². The molecule has 1 aromatic carbocycles. The van der Waals surface area contributed by atoms with Crippen molar-refractivity contribution in [3.63, 3.8) is 0 Å². The Balaban J connectivity index is 2.13. The van der Waals surface area contributed by atoms with Crippen molar-refractivity contribution < 1.29 is 4.39 Å². The van der Waals surface area contributed by atoms with Gasteiger partial charge in [-0.1, -0.05) is 0 Å². The largest absolute Gasteiger partial charge is 0.357 e. The average Bonchev–Trinajstić information content (AvgIpc) is 3.04. The summed E-state index contributed by atoms with van der Waals surface area (Å²) >= 11 is 0. The number of hydrogen-bond acceptors (Lipinski definition) is 5. The fraction of sp³-hybridized carbons (Fsp3) is 0.143. The van der Waals surface area contributed by atoms with Crippen molar-refractivity contribution in [2.75, 3.05) is 12.4 Å². The topological polar surface area (TPSA) is 68.5 Å². The zero-order valence-electron chi connectivity index (χ0n) is 11.6. The van der Waals surface area contributed by atoms with Crippen molar-refractivity contribution in [2.45, 2.75) is 6.92 Å². The Labute approximate surface area is 120 Å². The van der Waals surface area contributed by atoms with Crippen molar-refractivity contribution in [3.05, 3.63) is 48.0 Å². The zero-order chi connectivity index (χ0) is 14.8. The van der Waals surface area contributed by atoms with Crippen molar-refractivity contribution in [3.8, 4) is 17.3 Å². The Hall–Kier alpha value is -2.83. The molecule has 0 aliphatic rings. The minimum atomic E-state index is -0.256. The summed E-state index contributed by atoms with van der Waals surface area (Å²) in [6, 6.07) is 6.53. The molecule has 0 saturated heterocycles. The van der Waals surface area contributed by atoms with Gasteiger partial charge in [0.1, 0.15) is 5.82 Å². The molecule has 0 amide bonds. The quantitative estimate of drug-likeness (QED) is 0.798. The normalized spacial score (nSPS) is 10.6. The molecule has 3 aromatic rings. The summed E-state index contributed by atoms with van der Waals surface area (Å²) in [5.41, 5.74) is 1.26. The molecule has 3 rings (SSSR count). The Morgan fingerprint density at radius 2 is 2.05 bits per heavy atom. The van der Waals surface area contributed by atoms with Gasteiger partial charge in [0.15, 0.2) is 5.82 Å². The van der Waals surface area contributed by atoms with Gasteiger partial charge in [-0.25, -0.2) is 9.07 Å². The van der Waals surface area contributed by atoms with Crippen molar-refractivity contribution in [1.29, 1.82) is 0 Å². The van der Waals surface area contributed by atoms with Crippen LogP contribution in [0.3, 0.4) is 0 Å². The Morgan fingerprint density at radius 3 is 2.71 bits per heavy atom. The van der Waals surface area contributed by atoms with E-state index in [4.69, 9.17) is 0 Å². The van der Waals surface area contributed by atoms with E-state index in [-0.39, 0.29) is 5.82 Å². The summed E-state index contributed by atoms with van der Waals surface area (Å²) in [5, 5.41) is 6.99. The summed E-state index contributed by atoms with van der Waals surface area (Å²) in [7, 11) is 1.72. The SMILES string of the molecule is CNc1nc(-c2ccc(F)c(C)c2)nc(-n2cccn2)n1. The second kappa shape index (κ2) is 5.28. The van der Waals surface area contributed by atoms with Gasteiger partial charge in [0.2, 0.25) is 5.95 Å². The molecule has 6 nitrogen and oxygen atoms in total. The lowest BCUT2D eigenvalue weighted by Crippen LogP contribution is -2.08. The maximum absolute atomic E-state index is 13.4. The third-order valence-electron chi connectivity index (χ3n) is 2.97. The fourth-order valence-corrected chi connectivity index (χ4v) is 1.88. The van der Waals surface area contributed by atoms with Crippen molar-refractivity contribution in [1.82, 2.24) is 24.7 Å². The van der Waals surface area contributed by atoms with Crippen LogP contribution < -0.4 is 5.32 Å². The number of rotatable bonds is 3. The first-order valence-electron chi connectivity index (χ1n) is 6.38. The lowest BCUT2D eigenvalue weighted by atomic mass is 10.1. The van der Waals surface area contributed by atoms with Crippen LogP contribution in [0, 0.1) is 12.7 Å². The molecule has 7 heteroatoms. The van der Waals surface area contributed by atoms with Gasteiger partial charge in [0, 0.05) is 25.0 Å². The highest BCUT2D eigenvalue weighted by Crippen LogP contribution is 2.20. The molecular weight excluding hydrogens is 271 g/mol. The van der Waals surface area contributed by atoms with Crippen LogP contribution in [0.4, 0.5) is 10.3 Å². The smallest absolute Gasteiger partial charge is 0.255 e. The van der Waals surface area contributed by atoms with Crippen LogP contribution in [0.1, 0.15) is 5.56 Å². The van der Waals surface area contributed by atoms with Gasteiger partial charge in [-0.15, -0.1) is 0 Å². The first kappa shape index (κ1) is 13.2. The number of nitrogens with zero attached hydrogens (tertiary/aromatic N) is 5. The molecule has 21 heavy (non-hydrogen) atoms. The summed E-state index contributed by atoms with van der Waals surface area (Å²) in [5.74, 6) is 1.03. The van der Waals surface area contributed by atoms with Gasteiger partial charge in [-0.3, -0.25) is 0 Å². The molecular formula is C14H13FN6. The first-order chi connectivity index (χ1) is 10.2. The van der Waals surface area contributed by atoms with Crippen LogP contribution in [-0.2, 0) is 0 Å². The number of halogens is 1. The van der Waals surface area contributed by atoms with Gasteiger partial charge in [-0.2, -0.15) is 20.1 Å². The molecule has 0 aliphatic heterocycles. The molecule has 0 atom stereocenters. The molecule has 0 fully saturated rings. The summed E-state index contributed by atoms with van der Waals surface area (Å²) < 4.78 is 14.9. The number of aryl methyl sites for hydroxylation is 1. The Kier molecular flexibility index (Phi) is 3.31. The highest BCUT2D eigenvalue weighted by Gasteiger charge is 2.10. The summed E-state index contributed by atoms with van der Waals surface area (Å²) in [4.78, 5) is 12.9. The second-order valence-electron chi connectivity index (χ2n) is 4.45. The lowest BCUT2D eigenvalue weighted by Gasteiger charge is -2.07. The van der Waals surface area contributed by atoms with Crippen LogP contribution in [0.2, 0.25) is 0 Å². The maximum atomic E-state index is 13.4. The van der Waals surface area contributed by atoms with Gasteiger partial charge < -0.3 is 5.32 Å². The standard InChI is InChI=1S/C14H13FN6/c1-9-8-10(4-5-11(9)15)12-18-13(16-2)20-14(19-12)21-7-3-6-17-21/h3-8H,1-2H3,(H,16,18,19,20). The van der Waals surface area contributed by atoms with Gasteiger partial charge in [0.25, 0.3) is 5.95 Å². The number of nitrogens with one attached hydrogen (secondary N) is 1. The van der Waals surface area contributed by atoms with Crippen LogP contribution in [0.15, 0.2) is 36.7 Å². The van der Waals surface area contributed by atoms with Crippen LogP contribution in [0.5, 0.6) is 0 Å². The minimum absolute atomic E-state index is 0.256. The molecule has 0 saturated carbocycles. The number of hydrogen-bond donors (Lipinski definition) is 1. The lowest BCUT2D eigenvalue weighted by molar-refractivity contribution is 0.618. The third-order valence-corrected chi connectivity index (χ3v) is 2.97. The van der Waals surface area contributed by atoms with E-state index in [0.29, 0.717) is 23.3 Å². The van der Waals surface area contributed by atoms with Gasteiger partial charge in [-0.05, 0) is 36.8 Å². The monoisotopic (exact) mass is 284 g/mol. The molecule has 0 aliphatic carbocycles. The maximum Gasteiger partial charge on any atom is 0.255 e. The van der Waals surface area contributed by atoms with Gasteiger partial charge in [0.05, 0.1) is 0 Å². The Morgan fingerprint density at radius 1 is 1.19 bits per heavy atom. The molecule has 0 bridgehead atoms. The number of benzene rings is 1. The zero-order valence-corrected chi connectivity index (χ0v) is 11.6. The predicted molar refractivity (Wildman–Crippen MR) is 76.6 cm³/mol. The highest BCUT2D eigenvalue weighted by atomic mass is 19.1. The fourth-order valence-electron chi connectivity index (χ4n) is 1.88. The predicted octanol–water partition coefficient (Wildman–Crippen LogP) is 2.21. The third kappa shape index (κ3) is 2.58. The molecule has 2 heterocycles. The highest BCUT2D eigenvalue weighted by molar-refractivity contribution is 5.58. The second-order valence-corrected chi connectivity index (χ2v) is 4.45. The summed E-state index contributed by atoms with van der Waals surface area (Å²) in [6.07, 6.45) is 3.39. The van der Waals surface area contributed by atoms with Crippen molar-refractivity contribution in [2.24, 2.45) is 0 Å². The Bertz CT molecular complexity index is 769. The first-order valence-corrected chi connectivity index (χ1v) is 6.38. The molecule has 106 valence electrons. The molecule has 0 radical (unpaired) electrons.